The summed E-state index contributed by atoms with van der Waals surface area (Å²) in [6.07, 6.45) is 5.19. The van der Waals surface area contributed by atoms with E-state index in [9.17, 15) is 8.42 Å². The monoisotopic (exact) mass is 311 g/mol. The van der Waals surface area contributed by atoms with E-state index in [1.54, 1.807) is 12.1 Å². The molecular weight excluding hydrogens is 296 g/mol. The molecule has 1 N–H and O–H groups in total. The van der Waals surface area contributed by atoms with Gasteiger partial charge in [0, 0.05) is 10.8 Å². The van der Waals surface area contributed by atoms with Crippen molar-refractivity contribution in [3.05, 3.63) is 66.5 Å². The number of aromatic nitrogens is 1. The van der Waals surface area contributed by atoms with Crippen LogP contribution in [0, 0.1) is 6.20 Å². The minimum atomic E-state index is -3.63. The Balaban J connectivity index is 1.99. The molecule has 0 aliphatic carbocycles. The van der Waals surface area contributed by atoms with E-state index in [4.69, 9.17) is 0 Å². The van der Waals surface area contributed by atoms with Crippen molar-refractivity contribution < 1.29 is 8.42 Å². The molecule has 0 saturated carbocycles. The van der Waals surface area contributed by atoms with E-state index in [0.717, 1.165) is 22.8 Å². The number of rotatable bonds is 4. The van der Waals surface area contributed by atoms with Crippen molar-refractivity contribution in [1.82, 2.24) is 4.98 Å². The third kappa shape index (κ3) is 2.80. The summed E-state index contributed by atoms with van der Waals surface area (Å²) in [5.74, 6) is 0. The molecule has 4 nitrogen and oxygen atoms in total. The molecule has 0 atom stereocenters. The lowest BCUT2D eigenvalue weighted by atomic mass is 10.1. The quantitative estimate of drug-likeness (QED) is 0.803. The fourth-order valence-corrected chi connectivity index (χ4v) is 3.31. The van der Waals surface area contributed by atoms with Gasteiger partial charge in [-0.2, -0.15) is 0 Å². The average Bonchev–Trinajstić information content (AvgIpc) is 2.55. The summed E-state index contributed by atoms with van der Waals surface area (Å²) in [6, 6.07) is 14.3. The fourth-order valence-electron chi connectivity index (χ4n) is 2.24. The first-order valence-electron chi connectivity index (χ1n) is 6.97. The first kappa shape index (κ1) is 14.5. The number of nitrogens with zero attached hydrogens (tertiary/aromatic N) is 1. The van der Waals surface area contributed by atoms with Crippen molar-refractivity contribution in [3.8, 4) is 0 Å². The molecule has 22 heavy (non-hydrogen) atoms. The highest BCUT2D eigenvalue weighted by molar-refractivity contribution is 7.92. The second kappa shape index (κ2) is 5.77. The van der Waals surface area contributed by atoms with Crippen molar-refractivity contribution in [1.29, 1.82) is 0 Å². The van der Waals surface area contributed by atoms with Gasteiger partial charge in [0.05, 0.1) is 23.0 Å². The van der Waals surface area contributed by atoms with Crippen LogP contribution in [0.25, 0.3) is 10.8 Å². The van der Waals surface area contributed by atoms with Gasteiger partial charge >= 0.3 is 0 Å². The third-order valence-corrected chi connectivity index (χ3v) is 4.86. The summed E-state index contributed by atoms with van der Waals surface area (Å²) in [6.45, 7) is 2.03. The second-order valence-electron chi connectivity index (χ2n) is 4.93. The van der Waals surface area contributed by atoms with Gasteiger partial charge in [-0.3, -0.25) is 9.71 Å². The van der Waals surface area contributed by atoms with Gasteiger partial charge in [-0.05, 0) is 24.1 Å². The molecule has 0 fully saturated rings. The lowest BCUT2D eigenvalue weighted by Gasteiger charge is -2.10. The molecule has 0 spiro atoms. The summed E-state index contributed by atoms with van der Waals surface area (Å²) < 4.78 is 27.6. The van der Waals surface area contributed by atoms with E-state index >= 15 is 0 Å². The molecule has 0 saturated heterocycles. The molecule has 1 radical (unpaired) electrons. The van der Waals surface area contributed by atoms with Crippen LogP contribution in [0.5, 0.6) is 0 Å². The Morgan fingerprint density at radius 1 is 1.09 bits per heavy atom. The predicted octanol–water partition coefficient (Wildman–Crippen LogP) is 3.40. The highest BCUT2D eigenvalue weighted by Crippen LogP contribution is 2.24. The molecule has 0 amide bonds. The van der Waals surface area contributed by atoms with Crippen LogP contribution in [-0.2, 0) is 16.4 Å². The first-order chi connectivity index (χ1) is 10.6. The minimum absolute atomic E-state index is 0.238. The topological polar surface area (TPSA) is 59.1 Å². The summed E-state index contributed by atoms with van der Waals surface area (Å²) >= 11 is 0. The molecule has 3 rings (SSSR count). The number of anilines is 1. The van der Waals surface area contributed by atoms with Crippen molar-refractivity contribution in [2.75, 3.05) is 4.72 Å². The lowest BCUT2D eigenvalue weighted by molar-refractivity contribution is 0.601. The van der Waals surface area contributed by atoms with Crippen LogP contribution in [0.1, 0.15) is 12.5 Å². The third-order valence-electron chi connectivity index (χ3n) is 3.48. The first-order valence-corrected chi connectivity index (χ1v) is 8.45. The Hall–Kier alpha value is -2.40. The molecule has 0 aliphatic rings. The van der Waals surface area contributed by atoms with Crippen molar-refractivity contribution in [3.63, 3.8) is 0 Å². The van der Waals surface area contributed by atoms with E-state index in [1.807, 2.05) is 43.3 Å². The maximum atomic E-state index is 12.5. The number of sulfonamides is 1. The Bertz CT molecular complexity index is 898. The van der Waals surface area contributed by atoms with Crippen LogP contribution in [0.3, 0.4) is 0 Å². The van der Waals surface area contributed by atoms with Crippen LogP contribution >= 0.6 is 0 Å². The average molecular weight is 311 g/mol. The second-order valence-corrected chi connectivity index (χ2v) is 6.61. The Morgan fingerprint density at radius 3 is 2.55 bits per heavy atom. The minimum Gasteiger partial charge on any atom is -0.277 e. The van der Waals surface area contributed by atoms with Crippen molar-refractivity contribution >= 4 is 26.5 Å². The summed E-state index contributed by atoms with van der Waals surface area (Å²) in [5.41, 5.74) is 1.55. The number of benzene rings is 2. The van der Waals surface area contributed by atoms with Gasteiger partial charge in [0.25, 0.3) is 10.0 Å². The van der Waals surface area contributed by atoms with Crippen LogP contribution in [0.2, 0.25) is 0 Å². The normalized spacial score (nSPS) is 11.5. The van der Waals surface area contributed by atoms with Gasteiger partial charge in [-0.15, -0.1) is 0 Å². The number of aryl methyl sites for hydroxylation is 1. The van der Waals surface area contributed by atoms with Gasteiger partial charge in [0.1, 0.15) is 0 Å². The molecule has 1 heterocycles. The fraction of sp³-hybridized carbons (Fsp3) is 0.118. The number of fused-ring (bicyclic) bond motifs is 1. The zero-order chi connectivity index (χ0) is 15.6. The molecule has 0 unspecified atom stereocenters. The van der Waals surface area contributed by atoms with Gasteiger partial charge in [0.15, 0.2) is 0 Å². The Kier molecular flexibility index (Phi) is 3.81. The number of hydrogen-bond donors (Lipinski definition) is 1. The van der Waals surface area contributed by atoms with Crippen LogP contribution < -0.4 is 4.72 Å². The van der Waals surface area contributed by atoms with E-state index < -0.39 is 10.0 Å². The summed E-state index contributed by atoms with van der Waals surface area (Å²) in [4.78, 5) is 4.20. The molecule has 5 heteroatoms. The maximum absolute atomic E-state index is 12.5. The number of hydrogen-bond acceptors (Lipinski definition) is 3. The van der Waals surface area contributed by atoms with Crippen molar-refractivity contribution in [2.24, 2.45) is 0 Å². The van der Waals surface area contributed by atoms with E-state index in [1.165, 1.54) is 6.20 Å². The van der Waals surface area contributed by atoms with Crippen molar-refractivity contribution in [2.45, 2.75) is 18.2 Å². The van der Waals surface area contributed by atoms with Gasteiger partial charge in [-0.1, -0.05) is 43.3 Å². The van der Waals surface area contributed by atoms with Gasteiger partial charge < -0.3 is 0 Å². The molecule has 0 bridgehead atoms. The molecule has 111 valence electrons. The number of nitrogens with one attached hydrogen (secondary N) is 1. The Labute approximate surface area is 129 Å². The van der Waals surface area contributed by atoms with Crippen LogP contribution in [0.4, 0.5) is 5.69 Å². The standard InChI is InChI=1S/C17H15N2O2S/c1-2-13-7-9-15(10-8-13)22(20,21)19-17-12-18-11-14-5-3-4-6-16(14)17/h3-10,12,19H,2H2,1H3. The molecular formula is C17H15N2O2S. The van der Waals surface area contributed by atoms with E-state index in [2.05, 4.69) is 15.9 Å². The van der Waals surface area contributed by atoms with Gasteiger partial charge in [0.2, 0.25) is 0 Å². The number of pyridine rings is 1. The molecule has 0 aliphatic heterocycles. The highest BCUT2D eigenvalue weighted by atomic mass is 32.2. The zero-order valence-corrected chi connectivity index (χ0v) is 12.9. The smallest absolute Gasteiger partial charge is 0.261 e. The van der Waals surface area contributed by atoms with Gasteiger partial charge in [-0.25, -0.2) is 8.42 Å². The van der Waals surface area contributed by atoms with E-state index in [0.29, 0.717) is 5.69 Å². The molecule has 3 aromatic rings. The van der Waals surface area contributed by atoms with E-state index in [-0.39, 0.29) is 4.90 Å². The van der Waals surface area contributed by atoms with Crippen LogP contribution in [-0.4, -0.2) is 13.4 Å². The lowest BCUT2D eigenvalue weighted by Crippen LogP contribution is -2.13. The predicted molar refractivity (Wildman–Crippen MR) is 87.2 cm³/mol. The zero-order valence-electron chi connectivity index (χ0n) is 12.1. The largest absolute Gasteiger partial charge is 0.277 e. The summed E-state index contributed by atoms with van der Waals surface area (Å²) in [5, 5.41) is 1.54. The highest BCUT2D eigenvalue weighted by Gasteiger charge is 2.15. The summed E-state index contributed by atoms with van der Waals surface area (Å²) in [7, 11) is -3.63. The Morgan fingerprint density at radius 2 is 1.82 bits per heavy atom. The molecule has 1 aromatic heterocycles. The SMILES string of the molecule is CCc1ccc(S(=O)(=O)Nc2cn[c]c3ccccc23)cc1. The molecule has 2 aromatic carbocycles. The van der Waals surface area contributed by atoms with Crippen LogP contribution in [0.15, 0.2) is 59.6 Å². The maximum Gasteiger partial charge on any atom is 0.261 e.